The van der Waals surface area contributed by atoms with Gasteiger partial charge in [0.1, 0.15) is 17.4 Å². The van der Waals surface area contributed by atoms with Crippen LogP contribution in [0, 0.1) is 6.92 Å². The van der Waals surface area contributed by atoms with E-state index >= 15 is 0 Å². The minimum Gasteiger partial charge on any atom is -0.489 e. The summed E-state index contributed by atoms with van der Waals surface area (Å²) in [5.74, 6) is 0.0820. The molecule has 0 bridgehead atoms. The van der Waals surface area contributed by atoms with Crippen LogP contribution in [0.2, 0.25) is 0 Å². The molecule has 0 amide bonds. The Labute approximate surface area is 223 Å². The van der Waals surface area contributed by atoms with E-state index in [0.29, 0.717) is 19.7 Å². The maximum absolute atomic E-state index is 11.4. The van der Waals surface area contributed by atoms with Gasteiger partial charge in [0.05, 0.1) is 18.8 Å². The molecule has 0 atom stereocenters. The lowest BCUT2D eigenvalue weighted by atomic mass is 9.85. The van der Waals surface area contributed by atoms with Crippen molar-refractivity contribution in [1.29, 1.82) is 0 Å². The highest BCUT2D eigenvalue weighted by atomic mass is 32.1. The number of rotatable bonds is 10. The van der Waals surface area contributed by atoms with Crippen molar-refractivity contribution in [3.63, 3.8) is 0 Å². The van der Waals surface area contributed by atoms with E-state index in [4.69, 9.17) is 9.72 Å². The second-order valence-corrected chi connectivity index (χ2v) is 11.3. The second-order valence-electron chi connectivity index (χ2n) is 10.4. The number of nitrogens with zero attached hydrogens (tertiary/aromatic N) is 2. The number of aliphatic carboxylic acids is 1. The molecule has 0 fully saturated rings. The Hall–Kier alpha value is -3.48. The molecule has 1 heterocycles. The van der Waals surface area contributed by atoms with Gasteiger partial charge in [-0.05, 0) is 35.1 Å². The smallest absolute Gasteiger partial charge is 0.317 e. The van der Waals surface area contributed by atoms with Crippen LogP contribution in [-0.2, 0) is 29.9 Å². The van der Waals surface area contributed by atoms with E-state index in [0.717, 1.165) is 33.1 Å². The second kappa shape index (κ2) is 11.7. The minimum absolute atomic E-state index is 0.00861. The van der Waals surface area contributed by atoms with Crippen LogP contribution >= 0.6 is 11.3 Å². The Bertz CT molecular complexity index is 1320. The summed E-state index contributed by atoms with van der Waals surface area (Å²) in [4.78, 5) is 18.1. The molecule has 4 aromatic rings. The van der Waals surface area contributed by atoms with Crippen LogP contribution in [0.25, 0.3) is 11.3 Å². The molecule has 0 aliphatic carbocycles. The van der Waals surface area contributed by atoms with Gasteiger partial charge in [-0.25, -0.2) is 4.98 Å². The first-order chi connectivity index (χ1) is 17.7. The third kappa shape index (κ3) is 7.51. The van der Waals surface area contributed by atoms with Crippen molar-refractivity contribution < 1.29 is 14.6 Å². The predicted molar refractivity (Wildman–Crippen MR) is 150 cm³/mol. The van der Waals surface area contributed by atoms with Gasteiger partial charge in [-0.3, -0.25) is 9.69 Å². The van der Waals surface area contributed by atoms with E-state index in [1.165, 1.54) is 11.1 Å². The van der Waals surface area contributed by atoms with Crippen LogP contribution in [-0.4, -0.2) is 27.5 Å². The van der Waals surface area contributed by atoms with Crippen molar-refractivity contribution in [3.05, 3.63) is 105 Å². The Morgan fingerprint density at radius 1 is 0.973 bits per heavy atom. The van der Waals surface area contributed by atoms with E-state index in [-0.39, 0.29) is 12.0 Å². The third-order valence-corrected chi connectivity index (χ3v) is 6.94. The first kappa shape index (κ1) is 26.6. The van der Waals surface area contributed by atoms with Gasteiger partial charge < -0.3 is 9.84 Å². The fourth-order valence-corrected chi connectivity index (χ4v) is 5.04. The van der Waals surface area contributed by atoms with Crippen molar-refractivity contribution in [2.24, 2.45) is 0 Å². The number of hydrogen-bond acceptors (Lipinski definition) is 5. The van der Waals surface area contributed by atoms with Crippen LogP contribution in [0.1, 0.15) is 48.0 Å². The first-order valence-electron chi connectivity index (χ1n) is 12.4. The van der Waals surface area contributed by atoms with Gasteiger partial charge in [-0.1, -0.05) is 93.1 Å². The molecule has 1 aromatic heterocycles. The van der Waals surface area contributed by atoms with Gasteiger partial charge in [0, 0.05) is 17.5 Å². The van der Waals surface area contributed by atoms with Gasteiger partial charge in [0.2, 0.25) is 0 Å². The maximum Gasteiger partial charge on any atom is 0.317 e. The number of aryl methyl sites for hydroxylation is 1. The molecule has 5 nitrogen and oxygen atoms in total. The van der Waals surface area contributed by atoms with Crippen molar-refractivity contribution in [2.45, 2.75) is 52.8 Å². The summed E-state index contributed by atoms with van der Waals surface area (Å²) in [6, 6.07) is 24.5. The summed E-state index contributed by atoms with van der Waals surface area (Å²) in [7, 11) is 0. The molecule has 0 unspecified atom stereocenters. The Morgan fingerprint density at radius 3 is 2.38 bits per heavy atom. The van der Waals surface area contributed by atoms with E-state index in [2.05, 4.69) is 70.2 Å². The number of carboxylic acids is 1. The summed E-state index contributed by atoms with van der Waals surface area (Å²) < 4.78 is 6.21. The quantitative estimate of drug-likeness (QED) is 0.245. The largest absolute Gasteiger partial charge is 0.489 e. The van der Waals surface area contributed by atoms with Crippen LogP contribution in [0.3, 0.4) is 0 Å². The molecule has 1 N–H and O–H groups in total. The van der Waals surface area contributed by atoms with Crippen molar-refractivity contribution in [1.82, 2.24) is 9.88 Å². The number of carbonyl (C=O) groups is 1. The van der Waals surface area contributed by atoms with Crippen molar-refractivity contribution in [2.75, 3.05) is 6.54 Å². The van der Waals surface area contributed by atoms with Gasteiger partial charge >= 0.3 is 5.97 Å². The van der Waals surface area contributed by atoms with Gasteiger partial charge in [-0.2, -0.15) is 0 Å². The molecule has 0 saturated heterocycles. The zero-order valence-electron chi connectivity index (χ0n) is 21.9. The Morgan fingerprint density at radius 2 is 1.70 bits per heavy atom. The Balaban J connectivity index is 1.41. The predicted octanol–water partition coefficient (Wildman–Crippen LogP) is 7.08. The normalized spacial score (nSPS) is 11.6. The lowest BCUT2D eigenvalue weighted by Gasteiger charge is -2.23. The van der Waals surface area contributed by atoms with E-state index in [1.807, 2.05) is 40.6 Å². The molecule has 6 heteroatoms. The zero-order valence-corrected chi connectivity index (χ0v) is 22.7. The number of ether oxygens (including phenoxy) is 1. The molecular formula is C31H34N2O3S. The Kier molecular flexibility index (Phi) is 8.41. The summed E-state index contributed by atoms with van der Waals surface area (Å²) in [5, 5.41) is 12.3. The highest BCUT2D eigenvalue weighted by Crippen LogP contribution is 2.33. The summed E-state index contributed by atoms with van der Waals surface area (Å²) >= 11 is 1.56. The van der Waals surface area contributed by atoms with Crippen LogP contribution in [0.15, 0.2) is 78.2 Å². The standard InChI is InChI=1S/C31H34N2O3S/c1-22-10-15-28(26(16-22)31(2,3)4)36-20-24-11-13-25(14-12-24)27-21-37-29(32-27)18-33(19-30(34)35)17-23-8-6-5-7-9-23/h5-16,21H,17-20H2,1-4H3,(H,34,35). The number of benzene rings is 3. The number of thiazole rings is 1. The molecule has 0 spiro atoms. The molecule has 0 radical (unpaired) electrons. The van der Waals surface area contributed by atoms with Gasteiger partial charge in [0.25, 0.3) is 0 Å². The molecule has 0 aliphatic rings. The fourth-order valence-electron chi connectivity index (χ4n) is 4.20. The van der Waals surface area contributed by atoms with E-state index in [9.17, 15) is 9.90 Å². The van der Waals surface area contributed by atoms with Crippen LogP contribution in [0.4, 0.5) is 0 Å². The van der Waals surface area contributed by atoms with Crippen molar-refractivity contribution in [3.8, 4) is 17.0 Å². The van der Waals surface area contributed by atoms with Gasteiger partial charge in [-0.15, -0.1) is 11.3 Å². The monoisotopic (exact) mass is 514 g/mol. The van der Waals surface area contributed by atoms with Crippen molar-refractivity contribution >= 4 is 17.3 Å². The molecule has 3 aromatic carbocycles. The highest BCUT2D eigenvalue weighted by Gasteiger charge is 2.19. The highest BCUT2D eigenvalue weighted by molar-refractivity contribution is 7.09. The van der Waals surface area contributed by atoms with E-state index < -0.39 is 5.97 Å². The molecule has 0 aliphatic heterocycles. The lowest BCUT2D eigenvalue weighted by Crippen LogP contribution is -2.28. The van der Waals surface area contributed by atoms with Crippen LogP contribution in [0.5, 0.6) is 5.75 Å². The van der Waals surface area contributed by atoms with Gasteiger partial charge in [0.15, 0.2) is 0 Å². The third-order valence-electron chi connectivity index (χ3n) is 6.11. The molecule has 37 heavy (non-hydrogen) atoms. The molecule has 0 saturated carbocycles. The minimum atomic E-state index is -0.842. The summed E-state index contributed by atoms with van der Waals surface area (Å²) in [5.41, 5.74) is 6.56. The zero-order chi connectivity index (χ0) is 26.4. The molecule has 192 valence electrons. The summed E-state index contributed by atoms with van der Waals surface area (Å²) in [6.45, 7) is 10.2. The first-order valence-corrected chi connectivity index (χ1v) is 13.3. The SMILES string of the molecule is Cc1ccc(OCc2ccc(-c3csc(CN(CC(=O)O)Cc4ccccc4)n3)cc2)c(C(C)(C)C)c1. The van der Waals surface area contributed by atoms with Crippen LogP contribution < -0.4 is 4.74 Å². The average molecular weight is 515 g/mol. The fraction of sp³-hybridized carbons (Fsp3) is 0.290. The topological polar surface area (TPSA) is 62.7 Å². The number of hydrogen-bond donors (Lipinski definition) is 1. The lowest BCUT2D eigenvalue weighted by molar-refractivity contribution is -0.138. The molecular weight excluding hydrogens is 480 g/mol. The number of aromatic nitrogens is 1. The molecule has 4 rings (SSSR count). The number of carboxylic acid groups (broad SMARTS) is 1. The van der Waals surface area contributed by atoms with E-state index in [1.54, 1.807) is 11.3 Å². The maximum atomic E-state index is 11.4. The summed E-state index contributed by atoms with van der Waals surface area (Å²) in [6.07, 6.45) is 0. The average Bonchev–Trinajstić information content (AvgIpc) is 3.31.